The van der Waals surface area contributed by atoms with Crippen LogP contribution in [0.4, 0.5) is 35.3 Å². The number of nitrogens with zero attached hydrogens (tertiary/aromatic N) is 3. The van der Waals surface area contributed by atoms with Crippen LogP contribution in [-0.4, -0.2) is 52.2 Å². The van der Waals surface area contributed by atoms with Crippen LogP contribution in [0, 0.1) is 0 Å². The lowest BCUT2D eigenvalue weighted by atomic mass is 10.0. The highest BCUT2D eigenvalue weighted by atomic mass is 35.5. The van der Waals surface area contributed by atoms with Crippen molar-refractivity contribution in [1.29, 1.82) is 0 Å². The second-order valence-electron chi connectivity index (χ2n) is 8.15. The third-order valence-electron chi connectivity index (χ3n) is 5.56. The minimum atomic E-state index is -4.93. The molecule has 12 nitrogen and oxygen atoms in total. The highest BCUT2D eigenvalue weighted by molar-refractivity contribution is 7.92. The molecule has 222 valence electrons. The minimum Gasteiger partial charge on any atom is -0.496 e. The molecule has 17 heteroatoms. The molecule has 0 atom stereocenters. The Balaban J connectivity index is 1.77. The van der Waals surface area contributed by atoms with Crippen LogP contribution in [0.3, 0.4) is 0 Å². The zero-order valence-electron chi connectivity index (χ0n) is 21.9. The Morgan fingerprint density at radius 2 is 1.76 bits per heavy atom. The minimum absolute atomic E-state index is 0.00169. The van der Waals surface area contributed by atoms with Gasteiger partial charge in [-0.25, -0.2) is 23.1 Å². The molecule has 4 rings (SSSR count). The van der Waals surface area contributed by atoms with Crippen molar-refractivity contribution in [3.63, 3.8) is 0 Å². The van der Waals surface area contributed by atoms with Gasteiger partial charge in [-0.1, -0.05) is 16.8 Å². The Bertz CT molecular complexity index is 1690. The van der Waals surface area contributed by atoms with Crippen LogP contribution in [0.15, 0.2) is 70.4 Å². The SMILES string of the molecule is CNC(=O)N(c1ccc(S(=O)(=O)Nc2ccon2)cn1)c1cc(Cl)c(-c2cc(OC(F)(F)F)ccc2OC)cc1OC. The van der Waals surface area contributed by atoms with E-state index < -0.39 is 28.2 Å². The molecule has 0 radical (unpaired) electrons. The maximum Gasteiger partial charge on any atom is 0.573 e. The zero-order chi connectivity index (χ0) is 30.7. The third kappa shape index (κ3) is 6.60. The second-order valence-corrected chi connectivity index (χ2v) is 10.2. The van der Waals surface area contributed by atoms with Crippen LogP contribution in [0.2, 0.25) is 5.02 Å². The molecular formula is C25H21ClF3N5O7S. The number of ether oxygens (including phenoxy) is 3. The summed E-state index contributed by atoms with van der Waals surface area (Å²) < 4.78 is 85.6. The van der Waals surface area contributed by atoms with Gasteiger partial charge in [0, 0.05) is 30.4 Å². The predicted molar refractivity (Wildman–Crippen MR) is 145 cm³/mol. The van der Waals surface area contributed by atoms with Crippen molar-refractivity contribution in [3.8, 4) is 28.4 Å². The number of alkyl halides is 3. The number of sulfonamides is 1. The first-order valence-electron chi connectivity index (χ1n) is 11.6. The number of anilines is 3. The van der Waals surface area contributed by atoms with Gasteiger partial charge in [-0.15, -0.1) is 13.2 Å². The van der Waals surface area contributed by atoms with E-state index in [0.717, 1.165) is 23.2 Å². The number of carbonyl (C=O) groups excluding carboxylic acids is 1. The van der Waals surface area contributed by atoms with Gasteiger partial charge in [0.05, 0.1) is 24.9 Å². The first-order chi connectivity index (χ1) is 19.9. The summed E-state index contributed by atoms with van der Waals surface area (Å²) in [5.74, 6) is -0.329. The molecule has 0 fully saturated rings. The lowest BCUT2D eigenvalue weighted by molar-refractivity contribution is -0.274. The predicted octanol–water partition coefficient (Wildman–Crippen LogP) is 5.58. The summed E-state index contributed by atoms with van der Waals surface area (Å²) in [5, 5.41) is 5.95. The van der Waals surface area contributed by atoms with E-state index in [1.54, 1.807) is 0 Å². The van der Waals surface area contributed by atoms with Gasteiger partial charge in [0.15, 0.2) is 5.82 Å². The highest BCUT2D eigenvalue weighted by Gasteiger charge is 2.32. The summed E-state index contributed by atoms with van der Waals surface area (Å²) in [7, 11) is -0.100. The Labute approximate surface area is 242 Å². The summed E-state index contributed by atoms with van der Waals surface area (Å²) in [6, 6.07) is 9.27. The molecule has 2 heterocycles. The van der Waals surface area contributed by atoms with E-state index in [0.29, 0.717) is 0 Å². The number of aromatic nitrogens is 2. The van der Waals surface area contributed by atoms with Gasteiger partial charge < -0.3 is 24.1 Å². The van der Waals surface area contributed by atoms with E-state index in [9.17, 15) is 26.4 Å². The van der Waals surface area contributed by atoms with E-state index in [2.05, 4.69) is 29.4 Å². The fraction of sp³-hybridized carbons (Fsp3) is 0.160. The molecule has 4 aromatic rings. The summed E-state index contributed by atoms with van der Waals surface area (Å²) >= 11 is 6.59. The molecule has 0 aliphatic carbocycles. The number of hydrogen-bond acceptors (Lipinski definition) is 9. The molecule has 0 spiro atoms. The molecule has 2 N–H and O–H groups in total. The molecule has 0 bridgehead atoms. The van der Waals surface area contributed by atoms with Crippen molar-refractivity contribution in [3.05, 3.63) is 66.0 Å². The fourth-order valence-corrected chi connectivity index (χ4v) is 4.95. The van der Waals surface area contributed by atoms with Gasteiger partial charge >= 0.3 is 12.4 Å². The maximum absolute atomic E-state index is 13.0. The maximum atomic E-state index is 13.0. The van der Waals surface area contributed by atoms with Crippen molar-refractivity contribution >= 4 is 45.0 Å². The summed E-state index contributed by atoms with van der Waals surface area (Å²) in [5.41, 5.74) is 0.427. The van der Waals surface area contributed by atoms with E-state index >= 15 is 0 Å². The molecule has 0 unspecified atom stereocenters. The van der Waals surface area contributed by atoms with Crippen LogP contribution < -0.4 is 29.1 Å². The number of amides is 2. The van der Waals surface area contributed by atoms with E-state index in [1.807, 2.05) is 0 Å². The second kappa shape index (κ2) is 12.0. The lowest BCUT2D eigenvalue weighted by Gasteiger charge is -2.25. The van der Waals surface area contributed by atoms with Gasteiger partial charge in [-0.3, -0.25) is 4.72 Å². The number of urea groups is 1. The van der Waals surface area contributed by atoms with Crippen molar-refractivity contribution in [2.75, 3.05) is 30.9 Å². The zero-order valence-corrected chi connectivity index (χ0v) is 23.5. The molecular weight excluding hydrogens is 607 g/mol. The van der Waals surface area contributed by atoms with Crippen molar-refractivity contribution in [2.24, 2.45) is 0 Å². The Morgan fingerprint density at radius 3 is 2.33 bits per heavy atom. The Morgan fingerprint density at radius 1 is 1.02 bits per heavy atom. The Hall–Kier alpha value is -4.70. The topological polar surface area (TPSA) is 145 Å². The smallest absolute Gasteiger partial charge is 0.496 e. The number of hydrogen-bond donors (Lipinski definition) is 2. The normalized spacial score (nSPS) is 11.5. The standard InChI is InChI=1S/C25H21ClF3N5O7S/c1-30-24(35)34(23-7-5-15(13-31-23)42(36,37)33-22-8-9-40-32-22)19-12-18(26)16(11-21(19)39-3)17-10-14(41-25(27,28)29)4-6-20(17)38-2/h4-13H,1-3H3,(H,30,35)(H,32,33). The van der Waals surface area contributed by atoms with Crippen LogP contribution in [-0.2, 0) is 10.0 Å². The average molecular weight is 628 g/mol. The number of carbonyl (C=O) groups is 1. The molecule has 0 aliphatic rings. The molecule has 0 saturated heterocycles. The third-order valence-corrected chi connectivity index (χ3v) is 7.21. The fourth-order valence-electron chi connectivity index (χ4n) is 3.76. The first-order valence-corrected chi connectivity index (χ1v) is 13.5. The van der Waals surface area contributed by atoms with Crippen molar-refractivity contribution in [1.82, 2.24) is 15.5 Å². The van der Waals surface area contributed by atoms with Crippen molar-refractivity contribution < 1.29 is 45.1 Å². The van der Waals surface area contributed by atoms with Crippen LogP contribution in [0.25, 0.3) is 11.1 Å². The lowest BCUT2D eigenvalue weighted by Crippen LogP contribution is -2.35. The molecule has 2 aromatic heterocycles. The number of nitrogens with one attached hydrogen (secondary N) is 2. The number of pyridine rings is 1. The number of methoxy groups -OCH3 is 2. The monoisotopic (exact) mass is 627 g/mol. The number of benzene rings is 2. The van der Waals surface area contributed by atoms with Gasteiger partial charge in [0.25, 0.3) is 10.0 Å². The summed E-state index contributed by atoms with van der Waals surface area (Å²) in [4.78, 5) is 18.0. The largest absolute Gasteiger partial charge is 0.573 e. The number of halogens is 4. The molecule has 42 heavy (non-hydrogen) atoms. The van der Waals surface area contributed by atoms with E-state index in [4.69, 9.17) is 21.1 Å². The molecule has 0 aliphatic heterocycles. The number of rotatable bonds is 9. The highest BCUT2D eigenvalue weighted by Crippen LogP contribution is 2.45. The van der Waals surface area contributed by atoms with Gasteiger partial charge in [-0.05, 0) is 42.5 Å². The first kappa shape index (κ1) is 30.3. The van der Waals surface area contributed by atoms with Crippen LogP contribution in [0.1, 0.15) is 0 Å². The molecule has 2 amide bonds. The summed E-state index contributed by atoms with van der Waals surface area (Å²) in [6.07, 6.45) is -2.72. The van der Waals surface area contributed by atoms with Crippen LogP contribution in [0.5, 0.6) is 17.2 Å². The van der Waals surface area contributed by atoms with Gasteiger partial charge in [-0.2, -0.15) is 0 Å². The molecule has 0 saturated carbocycles. The van der Waals surface area contributed by atoms with E-state index in [1.165, 1.54) is 63.9 Å². The van der Waals surface area contributed by atoms with E-state index in [-0.39, 0.29) is 49.9 Å². The summed E-state index contributed by atoms with van der Waals surface area (Å²) in [6.45, 7) is 0. The van der Waals surface area contributed by atoms with Crippen molar-refractivity contribution in [2.45, 2.75) is 11.3 Å². The quantitative estimate of drug-likeness (QED) is 0.243. The Kier molecular flexibility index (Phi) is 8.67. The average Bonchev–Trinajstić information content (AvgIpc) is 3.45. The molecule has 2 aromatic carbocycles. The van der Waals surface area contributed by atoms with Gasteiger partial charge in [0.1, 0.15) is 34.2 Å². The van der Waals surface area contributed by atoms with Crippen LogP contribution >= 0.6 is 11.6 Å². The van der Waals surface area contributed by atoms with Gasteiger partial charge in [0.2, 0.25) is 0 Å².